The predicted octanol–water partition coefficient (Wildman–Crippen LogP) is 3.47. The van der Waals surface area contributed by atoms with E-state index in [2.05, 4.69) is 0 Å². The van der Waals surface area contributed by atoms with E-state index < -0.39 is 23.3 Å². The molecule has 0 radical (unpaired) electrons. The molecule has 3 rings (SSSR count). The topological polar surface area (TPSA) is 72.8 Å². The van der Waals surface area contributed by atoms with Crippen molar-refractivity contribution < 1.29 is 24.2 Å². The van der Waals surface area contributed by atoms with Gasteiger partial charge in [-0.2, -0.15) is 0 Å². The zero-order valence-corrected chi connectivity index (χ0v) is 15.1. The van der Waals surface area contributed by atoms with Crippen LogP contribution in [-0.2, 0) is 24.7 Å². The lowest BCUT2D eigenvalue weighted by molar-refractivity contribution is -0.285. The molecule has 0 atom stereocenters. The van der Waals surface area contributed by atoms with Crippen LogP contribution < -0.4 is 0 Å². The van der Waals surface area contributed by atoms with E-state index in [0.29, 0.717) is 17.5 Å². The van der Waals surface area contributed by atoms with Gasteiger partial charge in [-0.3, -0.25) is 0 Å². The third-order valence-electron chi connectivity index (χ3n) is 4.68. The maximum Gasteiger partial charge on any atom is 0.334 e. The maximum absolute atomic E-state index is 12.3. The molecule has 1 aliphatic rings. The Morgan fingerprint density at radius 1 is 0.852 bits per heavy atom. The van der Waals surface area contributed by atoms with Crippen molar-refractivity contribution >= 4 is 11.9 Å². The van der Waals surface area contributed by atoms with Crippen LogP contribution in [0.5, 0.6) is 0 Å². The lowest BCUT2D eigenvalue weighted by Crippen LogP contribution is -2.57. The summed E-state index contributed by atoms with van der Waals surface area (Å²) in [5.74, 6) is -3.35. The van der Waals surface area contributed by atoms with Gasteiger partial charge in [-0.15, -0.1) is 0 Å². The van der Waals surface area contributed by atoms with Crippen LogP contribution in [0.4, 0.5) is 0 Å². The summed E-state index contributed by atoms with van der Waals surface area (Å²) >= 11 is 0. The third-order valence-corrected chi connectivity index (χ3v) is 4.68. The molecule has 1 heterocycles. The van der Waals surface area contributed by atoms with Gasteiger partial charge in [0.2, 0.25) is 0 Å². The van der Waals surface area contributed by atoms with Crippen LogP contribution in [0.15, 0.2) is 72.8 Å². The van der Waals surface area contributed by atoms with Gasteiger partial charge >= 0.3 is 11.9 Å². The van der Waals surface area contributed by atoms with Crippen LogP contribution >= 0.6 is 0 Å². The quantitative estimate of drug-likeness (QED) is 0.793. The van der Waals surface area contributed by atoms with E-state index in [1.807, 2.05) is 19.1 Å². The average Bonchev–Trinajstić information content (AvgIpc) is 2.86. The van der Waals surface area contributed by atoms with Crippen LogP contribution in [0.1, 0.15) is 37.3 Å². The first-order valence-electron chi connectivity index (χ1n) is 8.99. The Kier molecular flexibility index (Phi) is 5.42. The zero-order valence-electron chi connectivity index (χ0n) is 15.1. The number of carbonyl (C=O) groups is 2. The third kappa shape index (κ3) is 3.51. The molecule has 0 fully saturated rings. The second kappa shape index (κ2) is 7.76. The highest BCUT2D eigenvalue weighted by molar-refractivity contribution is 5.93. The minimum atomic E-state index is -1.89. The van der Waals surface area contributed by atoms with E-state index in [1.165, 1.54) is 0 Å². The van der Waals surface area contributed by atoms with Crippen LogP contribution in [0.2, 0.25) is 0 Å². The zero-order chi connectivity index (χ0) is 19.3. The minimum Gasteiger partial charge on any atom is -0.415 e. The number of carbonyl (C=O) groups excluding carboxylic acids is 2. The number of hydrogen-bond acceptors (Lipinski definition) is 5. The number of hydrogen-bond donors (Lipinski definition) is 1. The summed E-state index contributed by atoms with van der Waals surface area (Å²) in [4.78, 5) is 24.5. The van der Waals surface area contributed by atoms with Gasteiger partial charge in [-0.05, 0) is 17.5 Å². The normalized spacial score (nSPS) is 16.4. The maximum atomic E-state index is 12.3. The Labute approximate surface area is 158 Å². The first kappa shape index (κ1) is 18.9. The Hall–Kier alpha value is -2.92. The molecule has 0 saturated heterocycles. The highest BCUT2D eigenvalue weighted by Crippen LogP contribution is 2.46. The summed E-state index contributed by atoms with van der Waals surface area (Å²) in [5, 5.41) is 12.0. The molecule has 0 unspecified atom stereocenters. The molecule has 1 aliphatic heterocycles. The molecule has 0 amide bonds. The smallest absolute Gasteiger partial charge is 0.334 e. The number of rotatable bonds is 6. The van der Waals surface area contributed by atoms with Gasteiger partial charge in [0.15, 0.2) is 5.60 Å². The van der Waals surface area contributed by atoms with Gasteiger partial charge in [0.25, 0.3) is 5.79 Å². The van der Waals surface area contributed by atoms with Crippen LogP contribution in [0, 0.1) is 0 Å². The van der Waals surface area contributed by atoms with E-state index >= 15 is 0 Å². The standard InChI is InChI=1S/C22H22O5/c1-2-3-16-21(26-19(23)14-15-20(24)27-21)22(25,17-10-6-4-7-11-17)18-12-8-5-9-13-18/h4-15,25H,2-3,16H2,1H3. The molecule has 27 heavy (non-hydrogen) atoms. The van der Waals surface area contributed by atoms with Crippen LogP contribution in [0.3, 0.4) is 0 Å². The number of cyclic esters (lactones) is 2. The van der Waals surface area contributed by atoms with Crippen molar-refractivity contribution in [2.75, 3.05) is 0 Å². The number of benzene rings is 2. The van der Waals surface area contributed by atoms with Crippen molar-refractivity contribution in [3.63, 3.8) is 0 Å². The molecule has 1 N–H and O–H groups in total. The van der Waals surface area contributed by atoms with E-state index in [0.717, 1.165) is 18.6 Å². The van der Waals surface area contributed by atoms with Gasteiger partial charge in [0.05, 0.1) is 0 Å². The van der Waals surface area contributed by atoms with E-state index in [9.17, 15) is 14.7 Å². The van der Waals surface area contributed by atoms with Crippen LogP contribution in [-0.4, -0.2) is 22.8 Å². The molecule has 0 aromatic heterocycles. The second-order valence-corrected chi connectivity index (χ2v) is 6.47. The van der Waals surface area contributed by atoms with Gasteiger partial charge in [-0.1, -0.05) is 74.0 Å². The van der Waals surface area contributed by atoms with Crippen molar-refractivity contribution in [1.82, 2.24) is 0 Å². The molecule has 140 valence electrons. The first-order chi connectivity index (χ1) is 13.0. The number of ether oxygens (including phenoxy) is 2. The molecule has 5 heteroatoms. The van der Waals surface area contributed by atoms with Gasteiger partial charge in [0, 0.05) is 18.6 Å². The molecule has 0 bridgehead atoms. The van der Waals surface area contributed by atoms with E-state index in [-0.39, 0.29) is 6.42 Å². The summed E-state index contributed by atoms with van der Waals surface area (Å²) in [6.45, 7) is 1.97. The Morgan fingerprint density at radius 2 is 1.30 bits per heavy atom. The Morgan fingerprint density at radius 3 is 1.70 bits per heavy atom. The fraction of sp³-hybridized carbons (Fsp3) is 0.273. The Bertz CT molecular complexity index is 767. The van der Waals surface area contributed by atoms with Crippen molar-refractivity contribution in [1.29, 1.82) is 0 Å². The van der Waals surface area contributed by atoms with Crippen molar-refractivity contribution in [2.45, 2.75) is 37.6 Å². The SMILES string of the molecule is CCCCC1(C(O)(c2ccccc2)c2ccccc2)OC(=O)C=CC(=O)O1. The molecule has 0 aliphatic carbocycles. The largest absolute Gasteiger partial charge is 0.415 e. The molecule has 0 spiro atoms. The fourth-order valence-corrected chi connectivity index (χ4v) is 3.36. The molecular formula is C22H22O5. The molecule has 2 aromatic rings. The molecule has 5 nitrogen and oxygen atoms in total. The minimum absolute atomic E-state index is 0.156. The highest BCUT2D eigenvalue weighted by atomic mass is 16.7. The van der Waals surface area contributed by atoms with Gasteiger partial charge in [-0.25, -0.2) is 9.59 Å². The summed E-state index contributed by atoms with van der Waals surface area (Å²) in [7, 11) is 0. The van der Waals surface area contributed by atoms with Crippen molar-refractivity contribution in [3.05, 3.63) is 83.9 Å². The van der Waals surface area contributed by atoms with Crippen molar-refractivity contribution in [2.24, 2.45) is 0 Å². The summed E-state index contributed by atoms with van der Waals surface area (Å²) in [6, 6.07) is 17.6. The Balaban J connectivity index is 2.26. The lowest BCUT2D eigenvalue weighted by Gasteiger charge is -2.45. The van der Waals surface area contributed by atoms with E-state index in [4.69, 9.17) is 9.47 Å². The number of esters is 2. The molecule has 2 aromatic carbocycles. The lowest BCUT2D eigenvalue weighted by atomic mass is 9.77. The van der Waals surface area contributed by atoms with Gasteiger partial charge < -0.3 is 14.6 Å². The molecule has 0 saturated carbocycles. The first-order valence-corrected chi connectivity index (χ1v) is 8.99. The molecular weight excluding hydrogens is 344 g/mol. The summed E-state index contributed by atoms with van der Waals surface area (Å²) in [6.07, 6.45) is 3.55. The van der Waals surface area contributed by atoms with Crippen molar-refractivity contribution in [3.8, 4) is 0 Å². The number of aliphatic hydroxyl groups is 1. The summed E-state index contributed by atoms with van der Waals surface area (Å²) < 4.78 is 11.3. The van der Waals surface area contributed by atoms with E-state index in [1.54, 1.807) is 48.5 Å². The predicted molar refractivity (Wildman–Crippen MR) is 99.5 cm³/mol. The number of unbranched alkanes of at least 4 members (excludes halogenated alkanes) is 1. The highest BCUT2D eigenvalue weighted by Gasteiger charge is 2.59. The fourth-order valence-electron chi connectivity index (χ4n) is 3.36. The monoisotopic (exact) mass is 366 g/mol. The summed E-state index contributed by atoms with van der Waals surface area (Å²) in [5.41, 5.74) is -0.938. The second-order valence-electron chi connectivity index (χ2n) is 6.47. The average molecular weight is 366 g/mol. The van der Waals surface area contributed by atoms with Gasteiger partial charge in [0.1, 0.15) is 0 Å². The van der Waals surface area contributed by atoms with Crippen LogP contribution in [0.25, 0.3) is 0 Å².